The molecule has 0 aromatic heterocycles. The molecule has 1 unspecified atom stereocenters. The van der Waals surface area contributed by atoms with Gasteiger partial charge in [-0.1, -0.05) is 78.3 Å². The summed E-state index contributed by atoms with van der Waals surface area (Å²) in [5, 5.41) is 17.2. The molecule has 1 atom stereocenters. The van der Waals surface area contributed by atoms with Crippen LogP contribution in [0.3, 0.4) is 0 Å². The molecule has 4 N–H and O–H groups in total. The number of thioether (sulfide) groups is 1. The molecule has 0 saturated heterocycles. The maximum absolute atomic E-state index is 13.7. The molecule has 5 aromatic carbocycles. The van der Waals surface area contributed by atoms with Crippen molar-refractivity contribution < 1.29 is 29.0 Å². The van der Waals surface area contributed by atoms with E-state index in [9.17, 15) is 24.3 Å². The number of hydrogen-bond donors (Lipinski definition) is 4. The van der Waals surface area contributed by atoms with Crippen LogP contribution in [0.2, 0.25) is 5.02 Å². The van der Waals surface area contributed by atoms with Crippen LogP contribution in [0.4, 0.5) is 11.4 Å². The van der Waals surface area contributed by atoms with E-state index in [0.29, 0.717) is 33.0 Å². The molecule has 3 amide bonds. The fraction of sp³-hybridized carbons (Fsp3) is 0.0526. The Kier molecular flexibility index (Phi) is 11.5. The maximum atomic E-state index is 13.7. The van der Waals surface area contributed by atoms with Crippen LogP contribution in [0.5, 0.6) is 5.75 Å². The van der Waals surface area contributed by atoms with Crippen LogP contribution < -0.4 is 20.7 Å². The van der Waals surface area contributed by atoms with Crippen molar-refractivity contribution in [3.05, 3.63) is 160 Å². The van der Waals surface area contributed by atoms with Crippen molar-refractivity contribution in [2.24, 2.45) is 0 Å². The van der Waals surface area contributed by atoms with Crippen LogP contribution >= 0.6 is 23.4 Å². The predicted molar refractivity (Wildman–Crippen MR) is 192 cm³/mol. The van der Waals surface area contributed by atoms with E-state index in [0.717, 1.165) is 0 Å². The molecule has 0 saturated carbocycles. The molecule has 49 heavy (non-hydrogen) atoms. The smallest absolute Gasteiger partial charge is 0.335 e. The molecule has 0 fully saturated rings. The molecule has 0 aliphatic carbocycles. The SMILES string of the molecule is COc1ccc(/C=C(/NC(=O)c2ccccc2)C(=O)Nc2cccc(SC(C(=O)Nc3cc(C(=O)O)ccc3Cl)c3ccccc3)c2)cc1. The van der Waals surface area contributed by atoms with Gasteiger partial charge in [-0.15, -0.1) is 11.8 Å². The number of carboxylic acids is 1. The topological polar surface area (TPSA) is 134 Å². The monoisotopic (exact) mass is 691 g/mol. The van der Waals surface area contributed by atoms with Gasteiger partial charge in [-0.3, -0.25) is 14.4 Å². The first-order valence-corrected chi connectivity index (χ1v) is 16.1. The number of carbonyl (C=O) groups excluding carboxylic acids is 3. The molecule has 0 heterocycles. The largest absolute Gasteiger partial charge is 0.497 e. The lowest BCUT2D eigenvalue weighted by Crippen LogP contribution is -2.30. The third kappa shape index (κ3) is 9.38. The van der Waals surface area contributed by atoms with Crippen molar-refractivity contribution >= 4 is 64.5 Å². The fourth-order valence-electron chi connectivity index (χ4n) is 4.64. The highest BCUT2D eigenvalue weighted by Gasteiger charge is 2.24. The molecule has 9 nitrogen and oxygen atoms in total. The number of amides is 3. The van der Waals surface area contributed by atoms with E-state index in [2.05, 4.69) is 16.0 Å². The molecule has 5 aromatic rings. The minimum atomic E-state index is -1.15. The summed E-state index contributed by atoms with van der Waals surface area (Å²) >= 11 is 7.52. The van der Waals surface area contributed by atoms with Gasteiger partial charge < -0.3 is 25.8 Å². The Labute approximate surface area is 292 Å². The third-order valence-corrected chi connectivity index (χ3v) is 8.69. The average molecular weight is 692 g/mol. The van der Waals surface area contributed by atoms with E-state index in [1.807, 2.05) is 30.3 Å². The quantitative estimate of drug-likeness (QED) is 0.0771. The zero-order valence-electron chi connectivity index (χ0n) is 26.1. The van der Waals surface area contributed by atoms with Crippen molar-refractivity contribution in [1.29, 1.82) is 0 Å². The minimum Gasteiger partial charge on any atom is -0.497 e. The molecule has 0 aliphatic heterocycles. The summed E-state index contributed by atoms with van der Waals surface area (Å²) < 4.78 is 5.23. The summed E-state index contributed by atoms with van der Waals surface area (Å²) in [6.07, 6.45) is 1.56. The normalized spacial score (nSPS) is 11.6. The molecule has 11 heteroatoms. The van der Waals surface area contributed by atoms with Crippen molar-refractivity contribution in [2.75, 3.05) is 17.7 Å². The highest BCUT2D eigenvalue weighted by molar-refractivity contribution is 8.00. The highest BCUT2D eigenvalue weighted by Crippen LogP contribution is 2.38. The van der Waals surface area contributed by atoms with Gasteiger partial charge in [-0.05, 0) is 77.9 Å². The number of carbonyl (C=O) groups is 4. The zero-order valence-corrected chi connectivity index (χ0v) is 27.6. The summed E-state index contributed by atoms with van der Waals surface area (Å²) in [5.41, 5.74) is 2.33. The second-order valence-electron chi connectivity index (χ2n) is 10.5. The van der Waals surface area contributed by atoms with Gasteiger partial charge in [0.05, 0.1) is 23.4 Å². The second-order valence-corrected chi connectivity index (χ2v) is 12.1. The number of carboxylic acid groups (broad SMARTS) is 1. The number of benzene rings is 5. The standard InChI is InChI=1S/C38H30ClN3O6S/c1-48-29-18-15-24(16-19-29)21-33(42-35(43)26-11-6-3-7-12-26)36(44)40-28-13-8-14-30(23-28)49-34(25-9-4-2-5-10-25)37(45)41-32-22-27(38(46)47)17-20-31(32)39/h2-23,34H,1H3,(H,40,44)(H,41,45)(H,42,43)(H,46,47)/b33-21+. The van der Waals surface area contributed by atoms with E-state index in [1.54, 1.807) is 92.0 Å². The lowest BCUT2D eigenvalue weighted by atomic mass is 10.1. The highest BCUT2D eigenvalue weighted by atomic mass is 35.5. The lowest BCUT2D eigenvalue weighted by molar-refractivity contribution is -0.116. The first-order valence-electron chi connectivity index (χ1n) is 14.9. The Balaban J connectivity index is 1.39. The van der Waals surface area contributed by atoms with E-state index >= 15 is 0 Å². The summed E-state index contributed by atoms with van der Waals surface area (Å²) in [7, 11) is 1.56. The number of nitrogens with one attached hydrogen (secondary N) is 3. The molecule has 0 radical (unpaired) electrons. The Bertz CT molecular complexity index is 2000. The summed E-state index contributed by atoms with van der Waals surface area (Å²) in [5.74, 6) is -1.95. The molecule has 246 valence electrons. The van der Waals surface area contributed by atoms with E-state index < -0.39 is 28.9 Å². The fourth-order valence-corrected chi connectivity index (χ4v) is 5.89. The van der Waals surface area contributed by atoms with Gasteiger partial charge in [-0.25, -0.2) is 4.79 Å². The van der Waals surface area contributed by atoms with Crippen LogP contribution in [0.25, 0.3) is 6.08 Å². The minimum absolute atomic E-state index is 0.0130. The number of aromatic carboxylic acids is 1. The molecule has 0 aliphatic rings. The van der Waals surface area contributed by atoms with Crippen molar-refractivity contribution in [3.63, 3.8) is 0 Å². The molecular formula is C38H30ClN3O6S. The summed E-state index contributed by atoms with van der Waals surface area (Å²) in [6.45, 7) is 0. The molecule has 5 rings (SSSR count). The van der Waals surface area contributed by atoms with Gasteiger partial charge in [-0.2, -0.15) is 0 Å². The number of rotatable bonds is 12. The average Bonchev–Trinajstić information content (AvgIpc) is 3.12. The Morgan fingerprint density at radius 1 is 0.776 bits per heavy atom. The Morgan fingerprint density at radius 2 is 1.47 bits per heavy atom. The molecular weight excluding hydrogens is 662 g/mol. The number of halogens is 1. The van der Waals surface area contributed by atoms with Crippen LogP contribution in [0.15, 0.2) is 138 Å². The van der Waals surface area contributed by atoms with Crippen LogP contribution in [-0.4, -0.2) is 35.9 Å². The first-order chi connectivity index (χ1) is 23.7. The zero-order chi connectivity index (χ0) is 34.8. The summed E-state index contributed by atoms with van der Waals surface area (Å²) in [4.78, 5) is 52.5. The third-order valence-electron chi connectivity index (χ3n) is 7.11. The van der Waals surface area contributed by atoms with Crippen molar-refractivity contribution in [2.45, 2.75) is 10.1 Å². The second kappa shape index (κ2) is 16.3. The van der Waals surface area contributed by atoms with Gasteiger partial charge in [0.1, 0.15) is 16.7 Å². The van der Waals surface area contributed by atoms with E-state index in [1.165, 1.54) is 30.0 Å². The van der Waals surface area contributed by atoms with E-state index in [-0.39, 0.29) is 22.0 Å². The maximum Gasteiger partial charge on any atom is 0.335 e. The number of ether oxygens (including phenoxy) is 1. The Morgan fingerprint density at radius 3 is 2.14 bits per heavy atom. The Hall–Kier alpha value is -5.84. The number of hydrogen-bond acceptors (Lipinski definition) is 6. The van der Waals surface area contributed by atoms with Gasteiger partial charge in [0, 0.05) is 16.1 Å². The van der Waals surface area contributed by atoms with Gasteiger partial charge >= 0.3 is 5.97 Å². The van der Waals surface area contributed by atoms with Gasteiger partial charge in [0.15, 0.2) is 0 Å². The van der Waals surface area contributed by atoms with Crippen LogP contribution in [0, 0.1) is 0 Å². The van der Waals surface area contributed by atoms with Crippen LogP contribution in [-0.2, 0) is 9.59 Å². The first kappa shape index (κ1) is 34.5. The molecule has 0 bridgehead atoms. The van der Waals surface area contributed by atoms with E-state index in [4.69, 9.17) is 16.3 Å². The van der Waals surface area contributed by atoms with Crippen LogP contribution in [0.1, 0.15) is 37.1 Å². The lowest BCUT2D eigenvalue weighted by Gasteiger charge is -2.18. The molecule has 0 spiro atoms. The van der Waals surface area contributed by atoms with Crippen molar-refractivity contribution in [3.8, 4) is 5.75 Å². The van der Waals surface area contributed by atoms with Crippen molar-refractivity contribution in [1.82, 2.24) is 5.32 Å². The van der Waals surface area contributed by atoms with Gasteiger partial charge in [0.25, 0.3) is 11.8 Å². The number of anilines is 2. The number of methoxy groups -OCH3 is 1. The summed E-state index contributed by atoms with van der Waals surface area (Å²) in [6, 6.07) is 35.7. The predicted octanol–water partition coefficient (Wildman–Crippen LogP) is 7.93. The van der Waals surface area contributed by atoms with Gasteiger partial charge in [0.2, 0.25) is 5.91 Å².